The van der Waals surface area contributed by atoms with Crippen molar-refractivity contribution in [2.24, 2.45) is 0 Å². The lowest BCUT2D eigenvalue weighted by Gasteiger charge is -2.02. The van der Waals surface area contributed by atoms with E-state index < -0.39 is 0 Å². The van der Waals surface area contributed by atoms with Crippen molar-refractivity contribution in [1.29, 1.82) is 0 Å². The number of hydrogen-bond donors (Lipinski definition) is 1. The number of carbonyl (C=O) groups excluding carboxylic acids is 1. The van der Waals surface area contributed by atoms with E-state index in [4.69, 9.17) is 4.52 Å². The summed E-state index contributed by atoms with van der Waals surface area (Å²) in [5.74, 6) is 0.715. The third kappa shape index (κ3) is 4.36. The zero-order chi connectivity index (χ0) is 13.7. The molecular formula is C12H12FN3O2S. The van der Waals surface area contributed by atoms with Gasteiger partial charge in [-0.1, -0.05) is 5.16 Å². The minimum atomic E-state index is -0.291. The summed E-state index contributed by atoms with van der Waals surface area (Å²) >= 11 is 1.33. The highest BCUT2D eigenvalue weighted by molar-refractivity contribution is 8.00. The molecule has 100 valence electrons. The molecule has 1 amide bonds. The van der Waals surface area contributed by atoms with Gasteiger partial charge in [0.1, 0.15) is 5.82 Å². The van der Waals surface area contributed by atoms with E-state index in [2.05, 4.69) is 15.5 Å². The molecule has 0 radical (unpaired) electrons. The van der Waals surface area contributed by atoms with Crippen molar-refractivity contribution < 1.29 is 13.7 Å². The van der Waals surface area contributed by atoms with Crippen LogP contribution in [0.2, 0.25) is 0 Å². The van der Waals surface area contributed by atoms with E-state index in [1.54, 1.807) is 19.1 Å². The minimum absolute atomic E-state index is 0.148. The zero-order valence-electron chi connectivity index (χ0n) is 10.2. The molecule has 0 saturated carbocycles. The maximum atomic E-state index is 12.7. The number of carbonyl (C=O) groups is 1. The molecule has 19 heavy (non-hydrogen) atoms. The Morgan fingerprint density at radius 3 is 2.79 bits per heavy atom. The van der Waals surface area contributed by atoms with Crippen LogP contribution in [0, 0.1) is 12.7 Å². The van der Waals surface area contributed by atoms with Gasteiger partial charge in [-0.25, -0.2) is 4.39 Å². The fourth-order valence-corrected chi connectivity index (χ4v) is 2.05. The van der Waals surface area contributed by atoms with Gasteiger partial charge in [0.15, 0.2) is 5.82 Å². The van der Waals surface area contributed by atoms with E-state index in [9.17, 15) is 9.18 Å². The number of benzene rings is 1. The van der Waals surface area contributed by atoms with Gasteiger partial charge in [0.2, 0.25) is 11.8 Å². The van der Waals surface area contributed by atoms with Crippen molar-refractivity contribution in [2.45, 2.75) is 18.4 Å². The van der Waals surface area contributed by atoms with E-state index >= 15 is 0 Å². The Labute approximate surface area is 113 Å². The molecule has 2 rings (SSSR count). The molecule has 1 aromatic carbocycles. The standard InChI is InChI=1S/C12H12FN3O2S/c1-8-15-12(18-16-8)6-14-11(17)7-19-10-4-2-9(13)3-5-10/h2-5H,6-7H2,1H3,(H,14,17). The second-order valence-corrected chi connectivity index (χ2v) is 4.80. The molecule has 0 saturated heterocycles. The first kappa shape index (κ1) is 13.5. The van der Waals surface area contributed by atoms with Crippen LogP contribution in [0.15, 0.2) is 33.7 Å². The van der Waals surface area contributed by atoms with E-state index in [0.717, 1.165) is 4.90 Å². The van der Waals surface area contributed by atoms with Crippen LogP contribution in [0.3, 0.4) is 0 Å². The predicted octanol–water partition coefficient (Wildman–Crippen LogP) is 1.93. The van der Waals surface area contributed by atoms with Crippen molar-refractivity contribution in [2.75, 3.05) is 5.75 Å². The average Bonchev–Trinajstić information content (AvgIpc) is 2.81. The van der Waals surface area contributed by atoms with Crippen molar-refractivity contribution >= 4 is 17.7 Å². The molecule has 0 aliphatic carbocycles. The summed E-state index contributed by atoms with van der Waals surface area (Å²) in [6.07, 6.45) is 0. The van der Waals surface area contributed by atoms with Gasteiger partial charge in [-0.05, 0) is 31.2 Å². The number of halogens is 1. The SMILES string of the molecule is Cc1noc(CNC(=O)CSc2ccc(F)cc2)n1. The van der Waals surface area contributed by atoms with Crippen LogP contribution in [-0.2, 0) is 11.3 Å². The van der Waals surface area contributed by atoms with Crippen LogP contribution in [0.4, 0.5) is 4.39 Å². The average molecular weight is 281 g/mol. The molecule has 1 heterocycles. The Bertz CT molecular complexity index is 556. The van der Waals surface area contributed by atoms with E-state index in [0.29, 0.717) is 11.7 Å². The molecule has 1 aromatic heterocycles. The Hall–Kier alpha value is -1.89. The zero-order valence-corrected chi connectivity index (χ0v) is 11.0. The van der Waals surface area contributed by atoms with Crippen molar-refractivity contribution in [1.82, 2.24) is 15.5 Å². The molecule has 0 atom stereocenters. The normalized spacial score (nSPS) is 10.4. The first-order chi connectivity index (χ1) is 9.13. The number of aromatic nitrogens is 2. The fourth-order valence-electron chi connectivity index (χ4n) is 1.32. The largest absolute Gasteiger partial charge is 0.346 e. The molecule has 0 spiro atoms. The lowest BCUT2D eigenvalue weighted by atomic mass is 10.4. The van der Waals surface area contributed by atoms with Crippen LogP contribution in [0.1, 0.15) is 11.7 Å². The van der Waals surface area contributed by atoms with Gasteiger partial charge in [-0.2, -0.15) is 4.98 Å². The van der Waals surface area contributed by atoms with Crippen LogP contribution in [0.5, 0.6) is 0 Å². The second-order valence-electron chi connectivity index (χ2n) is 3.75. The monoisotopic (exact) mass is 281 g/mol. The van der Waals surface area contributed by atoms with Gasteiger partial charge in [0, 0.05) is 4.90 Å². The molecule has 2 aromatic rings. The lowest BCUT2D eigenvalue weighted by molar-refractivity contribution is -0.118. The molecule has 7 heteroatoms. The van der Waals surface area contributed by atoms with Crippen molar-refractivity contribution in [3.63, 3.8) is 0 Å². The number of nitrogens with one attached hydrogen (secondary N) is 1. The molecule has 0 bridgehead atoms. The van der Waals surface area contributed by atoms with E-state index in [1.165, 1.54) is 23.9 Å². The van der Waals surface area contributed by atoms with Crippen LogP contribution in [0.25, 0.3) is 0 Å². The predicted molar refractivity (Wildman–Crippen MR) is 68.0 cm³/mol. The van der Waals surface area contributed by atoms with Gasteiger partial charge < -0.3 is 9.84 Å². The number of amides is 1. The number of nitrogens with zero attached hydrogens (tertiary/aromatic N) is 2. The Kier molecular flexibility index (Phi) is 4.51. The molecular weight excluding hydrogens is 269 g/mol. The summed E-state index contributed by atoms with van der Waals surface area (Å²) in [4.78, 5) is 16.4. The van der Waals surface area contributed by atoms with Crippen LogP contribution in [-0.4, -0.2) is 21.8 Å². The molecule has 5 nitrogen and oxygen atoms in total. The summed E-state index contributed by atoms with van der Waals surface area (Å²) in [5, 5.41) is 6.28. The summed E-state index contributed by atoms with van der Waals surface area (Å²) in [6.45, 7) is 1.92. The van der Waals surface area contributed by atoms with Gasteiger partial charge in [0.25, 0.3) is 0 Å². The van der Waals surface area contributed by atoms with Gasteiger partial charge >= 0.3 is 0 Å². The summed E-state index contributed by atoms with van der Waals surface area (Å²) in [7, 11) is 0. The Balaban J connectivity index is 1.74. The van der Waals surface area contributed by atoms with Gasteiger partial charge in [0.05, 0.1) is 12.3 Å². The maximum Gasteiger partial charge on any atom is 0.246 e. The molecule has 1 N–H and O–H groups in total. The van der Waals surface area contributed by atoms with Gasteiger partial charge in [-0.15, -0.1) is 11.8 Å². The number of thioether (sulfide) groups is 1. The van der Waals surface area contributed by atoms with E-state index in [-0.39, 0.29) is 24.0 Å². The summed E-state index contributed by atoms with van der Waals surface area (Å²) in [6, 6.07) is 5.99. The van der Waals surface area contributed by atoms with Gasteiger partial charge in [-0.3, -0.25) is 4.79 Å². The minimum Gasteiger partial charge on any atom is -0.346 e. The highest BCUT2D eigenvalue weighted by Gasteiger charge is 2.06. The Morgan fingerprint density at radius 2 is 2.16 bits per heavy atom. The number of rotatable bonds is 5. The second kappa shape index (κ2) is 6.33. The third-order valence-electron chi connectivity index (χ3n) is 2.19. The Morgan fingerprint density at radius 1 is 1.42 bits per heavy atom. The van der Waals surface area contributed by atoms with Crippen LogP contribution < -0.4 is 5.32 Å². The highest BCUT2D eigenvalue weighted by atomic mass is 32.2. The third-order valence-corrected chi connectivity index (χ3v) is 3.20. The smallest absolute Gasteiger partial charge is 0.246 e. The lowest BCUT2D eigenvalue weighted by Crippen LogP contribution is -2.24. The molecule has 0 fully saturated rings. The summed E-state index contributed by atoms with van der Waals surface area (Å²) < 4.78 is 17.6. The maximum absolute atomic E-state index is 12.7. The van der Waals surface area contributed by atoms with E-state index in [1.807, 2.05) is 0 Å². The number of hydrogen-bond acceptors (Lipinski definition) is 5. The van der Waals surface area contributed by atoms with Crippen molar-refractivity contribution in [3.05, 3.63) is 41.8 Å². The fraction of sp³-hybridized carbons (Fsp3) is 0.250. The number of aryl methyl sites for hydroxylation is 1. The first-order valence-electron chi connectivity index (χ1n) is 5.58. The summed E-state index contributed by atoms with van der Waals surface area (Å²) in [5.41, 5.74) is 0. The van der Waals surface area contributed by atoms with Crippen molar-refractivity contribution in [3.8, 4) is 0 Å². The van der Waals surface area contributed by atoms with Crippen LogP contribution >= 0.6 is 11.8 Å². The molecule has 0 unspecified atom stereocenters. The molecule has 0 aliphatic rings. The first-order valence-corrected chi connectivity index (χ1v) is 6.56. The highest BCUT2D eigenvalue weighted by Crippen LogP contribution is 2.17. The topological polar surface area (TPSA) is 68.0 Å². The molecule has 0 aliphatic heterocycles. The quantitative estimate of drug-likeness (QED) is 0.848.